The molecule has 6 nitrogen and oxygen atoms in total. The number of rotatable bonds is 3. The molecule has 1 aromatic heterocycles. The van der Waals surface area contributed by atoms with Crippen LogP contribution in [0.3, 0.4) is 0 Å². The van der Waals surface area contributed by atoms with Crippen molar-refractivity contribution in [3.05, 3.63) is 57.2 Å². The van der Waals surface area contributed by atoms with E-state index in [2.05, 4.69) is 0 Å². The molecule has 0 aliphatic carbocycles. The van der Waals surface area contributed by atoms with E-state index >= 15 is 0 Å². The van der Waals surface area contributed by atoms with E-state index in [4.69, 9.17) is 11.6 Å². The van der Waals surface area contributed by atoms with E-state index < -0.39 is 0 Å². The van der Waals surface area contributed by atoms with Crippen LogP contribution in [0.5, 0.6) is 0 Å². The predicted molar refractivity (Wildman–Crippen MR) is 117 cm³/mol. The Morgan fingerprint density at radius 1 is 0.867 bits per heavy atom. The fourth-order valence-corrected chi connectivity index (χ4v) is 4.90. The minimum atomic E-state index is -0.166. The highest BCUT2D eigenvalue weighted by Crippen LogP contribution is 2.23. The van der Waals surface area contributed by atoms with Crippen LogP contribution in [0, 0.1) is 5.92 Å². The zero-order chi connectivity index (χ0) is 21.1. The van der Waals surface area contributed by atoms with E-state index in [1.54, 1.807) is 34.1 Å². The summed E-state index contributed by atoms with van der Waals surface area (Å²) in [5.41, 5.74) is 0.606. The number of piperazine rings is 1. The molecule has 158 valence electrons. The Hall–Kier alpha value is -2.38. The average Bonchev–Trinajstić information content (AvgIpc) is 3.33. The molecule has 3 amide bonds. The van der Waals surface area contributed by atoms with Gasteiger partial charge >= 0.3 is 0 Å². The third-order valence-corrected chi connectivity index (χ3v) is 6.87. The van der Waals surface area contributed by atoms with Gasteiger partial charge in [0.05, 0.1) is 10.8 Å². The lowest BCUT2D eigenvalue weighted by Crippen LogP contribution is -2.54. The van der Waals surface area contributed by atoms with Crippen molar-refractivity contribution in [3.8, 4) is 0 Å². The molecule has 1 aromatic carbocycles. The van der Waals surface area contributed by atoms with Crippen LogP contribution in [-0.2, 0) is 4.79 Å². The Bertz CT molecular complexity index is 908. The average molecular weight is 446 g/mol. The van der Waals surface area contributed by atoms with Crippen molar-refractivity contribution in [3.63, 3.8) is 0 Å². The van der Waals surface area contributed by atoms with Crippen LogP contribution >= 0.6 is 22.9 Å². The molecule has 8 heteroatoms. The van der Waals surface area contributed by atoms with E-state index in [1.165, 1.54) is 11.3 Å². The van der Waals surface area contributed by atoms with E-state index in [-0.39, 0.29) is 23.6 Å². The minimum absolute atomic E-state index is 0.0147. The van der Waals surface area contributed by atoms with Gasteiger partial charge in [-0.15, -0.1) is 11.3 Å². The van der Waals surface area contributed by atoms with Crippen LogP contribution < -0.4 is 0 Å². The van der Waals surface area contributed by atoms with Crippen LogP contribution in [0.15, 0.2) is 41.8 Å². The van der Waals surface area contributed by atoms with Crippen molar-refractivity contribution in [1.29, 1.82) is 0 Å². The smallest absolute Gasteiger partial charge is 0.263 e. The maximum absolute atomic E-state index is 13.1. The second kappa shape index (κ2) is 9.18. The minimum Gasteiger partial charge on any atom is -0.339 e. The molecule has 0 unspecified atom stereocenters. The Morgan fingerprint density at radius 2 is 1.57 bits per heavy atom. The summed E-state index contributed by atoms with van der Waals surface area (Å²) in [7, 11) is 0. The SMILES string of the molecule is O=C(c1ccc(Cl)cc1)N1CCN(C(=O)[C@@H]2CCCN(C(=O)c3cccs3)C2)CC1. The molecule has 4 rings (SSSR count). The van der Waals surface area contributed by atoms with Gasteiger partial charge in [-0.3, -0.25) is 14.4 Å². The molecular weight excluding hydrogens is 422 g/mol. The Labute approximate surface area is 185 Å². The largest absolute Gasteiger partial charge is 0.339 e. The van der Waals surface area contributed by atoms with E-state index in [9.17, 15) is 14.4 Å². The predicted octanol–water partition coefficient (Wildman–Crippen LogP) is 3.24. The lowest BCUT2D eigenvalue weighted by Gasteiger charge is -2.39. The standard InChI is InChI=1S/C22H24ClN3O3S/c23-18-7-5-16(6-8-18)20(27)24-10-12-25(13-11-24)21(28)17-3-1-9-26(15-17)22(29)19-4-2-14-30-19/h2,4-8,14,17H,1,3,9-13,15H2/t17-/m1/s1. The van der Waals surface area contributed by atoms with E-state index in [1.807, 2.05) is 22.4 Å². The lowest BCUT2D eigenvalue weighted by molar-refractivity contribution is -0.138. The van der Waals surface area contributed by atoms with Crippen molar-refractivity contribution in [2.45, 2.75) is 12.8 Å². The van der Waals surface area contributed by atoms with Crippen molar-refractivity contribution >= 4 is 40.7 Å². The fraction of sp³-hybridized carbons (Fsp3) is 0.409. The maximum atomic E-state index is 13.1. The molecule has 2 aliphatic heterocycles. The third-order valence-electron chi connectivity index (χ3n) is 5.76. The summed E-state index contributed by atoms with van der Waals surface area (Å²) in [6.07, 6.45) is 1.64. The summed E-state index contributed by atoms with van der Waals surface area (Å²) in [4.78, 5) is 44.5. The number of carbonyl (C=O) groups is 3. The van der Waals surface area contributed by atoms with Gasteiger partial charge in [0.2, 0.25) is 5.91 Å². The van der Waals surface area contributed by atoms with Gasteiger partial charge in [0.25, 0.3) is 11.8 Å². The summed E-state index contributed by atoms with van der Waals surface area (Å²) in [6.45, 7) is 3.24. The molecule has 0 bridgehead atoms. The van der Waals surface area contributed by atoms with Gasteiger partial charge in [-0.25, -0.2) is 0 Å². The quantitative estimate of drug-likeness (QED) is 0.728. The van der Waals surface area contributed by atoms with Gasteiger partial charge in [-0.1, -0.05) is 17.7 Å². The third kappa shape index (κ3) is 4.52. The number of hydrogen-bond donors (Lipinski definition) is 0. The van der Waals surface area contributed by atoms with Crippen molar-refractivity contribution in [2.24, 2.45) is 5.92 Å². The highest BCUT2D eigenvalue weighted by molar-refractivity contribution is 7.12. The number of halogens is 1. The summed E-state index contributed by atoms with van der Waals surface area (Å²) >= 11 is 7.33. The number of thiophene rings is 1. The Balaban J connectivity index is 1.32. The van der Waals surface area contributed by atoms with Gasteiger partial charge < -0.3 is 14.7 Å². The van der Waals surface area contributed by atoms with Gasteiger partial charge in [-0.05, 0) is 48.6 Å². The van der Waals surface area contributed by atoms with Gasteiger partial charge in [0.15, 0.2) is 0 Å². The molecule has 2 fully saturated rings. The van der Waals surface area contributed by atoms with Crippen LogP contribution in [0.25, 0.3) is 0 Å². The zero-order valence-corrected chi connectivity index (χ0v) is 18.2. The van der Waals surface area contributed by atoms with Gasteiger partial charge in [-0.2, -0.15) is 0 Å². The molecule has 1 atom stereocenters. The molecular formula is C22H24ClN3O3S. The first-order valence-corrected chi connectivity index (χ1v) is 11.4. The summed E-state index contributed by atoms with van der Waals surface area (Å²) in [6, 6.07) is 10.6. The summed E-state index contributed by atoms with van der Waals surface area (Å²) in [5, 5.41) is 2.49. The Kier molecular flexibility index (Phi) is 6.39. The second-order valence-electron chi connectivity index (χ2n) is 7.69. The number of benzene rings is 1. The molecule has 3 heterocycles. The normalized spacial score (nSPS) is 19.6. The van der Waals surface area contributed by atoms with Crippen molar-refractivity contribution < 1.29 is 14.4 Å². The van der Waals surface area contributed by atoms with Gasteiger partial charge in [0, 0.05) is 49.9 Å². The van der Waals surface area contributed by atoms with E-state index in [0.29, 0.717) is 49.9 Å². The van der Waals surface area contributed by atoms with Crippen molar-refractivity contribution in [1.82, 2.24) is 14.7 Å². The van der Waals surface area contributed by atoms with Crippen LogP contribution in [-0.4, -0.2) is 71.7 Å². The van der Waals surface area contributed by atoms with Crippen LogP contribution in [0.4, 0.5) is 0 Å². The summed E-state index contributed by atoms with van der Waals surface area (Å²) in [5.74, 6) is -0.0940. The Morgan fingerprint density at radius 3 is 2.23 bits per heavy atom. The van der Waals surface area contributed by atoms with Gasteiger partial charge in [0.1, 0.15) is 0 Å². The first kappa shape index (κ1) is 20.9. The number of piperidine rings is 1. The van der Waals surface area contributed by atoms with Crippen LogP contribution in [0.1, 0.15) is 32.9 Å². The molecule has 30 heavy (non-hydrogen) atoms. The van der Waals surface area contributed by atoms with Crippen molar-refractivity contribution in [2.75, 3.05) is 39.3 Å². The topological polar surface area (TPSA) is 60.9 Å². The summed E-state index contributed by atoms with van der Waals surface area (Å²) < 4.78 is 0. The molecule has 0 spiro atoms. The number of hydrogen-bond acceptors (Lipinski definition) is 4. The highest BCUT2D eigenvalue weighted by Gasteiger charge is 2.33. The molecule has 2 saturated heterocycles. The molecule has 0 radical (unpaired) electrons. The molecule has 0 N–H and O–H groups in total. The fourth-order valence-electron chi connectivity index (χ4n) is 4.08. The van der Waals surface area contributed by atoms with Crippen LogP contribution in [0.2, 0.25) is 5.02 Å². The highest BCUT2D eigenvalue weighted by atomic mass is 35.5. The van der Waals surface area contributed by atoms with E-state index in [0.717, 1.165) is 17.7 Å². The number of carbonyl (C=O) groups excluding carboxylic acids is 3. The monoisotopic (exact) mass is 445 g/mol. The lowest BCUT2D eigenvalue weighted by atomic mass is 9.96. The zero-order valence-electron chi connectivity index (χ0n) is 16.6. The number of nitrogens with zero attached hydrogens (tertiary/aromatic N) is 3. The molecule has 2 aromatic rings. The molecule has 0 saturated carbocycles. The first-order valence-electron chi connectivity index (χ1n) is 10.2. The maximum Gasteiger partial charge on any atom is 0.263 e. The first-order chi connectivity index (χ1) is 14.5. The molecule has 2 aliphatic rings. The second-order valence-corrected chi connectivity index (χ2v) is 9.08. The number of amides is 3. The number of likely N-dealkylation sites (tertiary alicyclic amines) is 1.